The molecule has 1 unspecified atom stereocenters. The SMILES string of the molecule is O=C1c2ccccc2CN1CC1CCCO1. The molecule has 1 aromatic rings. The van der Waals surface area contributed by atoms with Gasteiger partial charge in [0.2, 0.25) is 0 Å². The van der Waals surface area contributed by atoms with E-state index in [1.165, 1.54) is 0 Å². The number of fused-ring (bicyclic) bond motifs is 1. The van der Waals surface area contributed by atoms with Gasteiger partial charge in [0.1, 0.15) is 0 Å². The third-order valence-corrected chi connectivity index (χ3v) is 3.34. The monoisotopic (exact) mass is 217 g/mol. The van der Waals surface area contributed by atoms with Gasteiger partial charge in [-0.05, 0) is 24.5 Å². The van der Waals surface area contributed by atoms with Crippen LogP contribution in [0.3, 0.4) is 0 Å². The second-order valence-corrected chi connectivity index (χ2v) is 4.48. The Morgan fingerprint density at radius 2 is 2.25 bits per heavy atom. The number of benzene rings is 1. The summed E-state index contributed by atoms with van der Waals surface area (Å²) >= 11 is 0. The average molecular weight is 217 g/mol. The lowest BCUT2D eigenvalue weighted by molar-refractivity contribution is 0.0545. The van der Waals surface area contributed by atoms with Gasteiger partial charge in [0.05, 0.1) is 6.10 Å². The van der Waals surface area contributed by atoms with Gasteiger partial charge in [-0.15, -0.1) is 0 Å². The molecule has 3 heteroatoms. The molecule has 2 aliphatic rings. The molecule has 0 spiro atoms. The van der Waals surface area contributed by atoms with Gasteiger partial charge in [-0.1, -0.05) is 18.2 Å². The Morgan fingerprint density at radius 3 is 3.00 bits per heavy atom. The Hall–Kier alpha value is -1.35. The predicted octanol–water partition coefficient (Wildman–Crippen LogP) is 1.82. The minimum atomic E-state index is 0.158. The molecule has 0 aliphatic carbocycles. The van der Waals surface area contributed by atoms with E-state index in [4.69, 9.17) is 4.74 Å². The van der Waals surface area contributed by atoms with Gasteiger partial charge in [-0.3, -0.25) is 4.79 Å². The summed E-state index contributed by atoms with van der Waals surface area (Å²) in [6.07, 6.45) is 2.46. The molecule has 0 aromatic heterocycles. The highest BCUT2D eigenvalue weighted by atomic mass is 16.5. The Kier molecular flexibility index (Phi) is 2.40. The zero-order valence-corrected chi connectivity index (χ0v) is 9.19. The van der Waals surface area contributed by atoms with Crippen LogP contribution in [0, 0.1) is 0 Å². The van der Waals surface area contributed by atoms with Crippen LogP contribution in [0.5, 0.6) is 0 Å². The molecule has 1 atom stereocenters. The quantitative estimate of drug-likeness (QED) is 0.756. The number of amides is 1. The van der Waals surface area contributed by atoms with E-state index in [9.17, 15) is 4.79 Å². The van der Waals surface area contributed by atoms with E-state index in [2.05, 4.69) is 0 Å². The molecule has 2 aliphatic heterocycles. The van der Waals surface area contributed by atoms with E-state index in [1.807, 2.05) is 29.2 Å². The first-order valence-corrected chi connectivity index (χ1v) is 5.83. The zero-order valence-electron chi connectivity index (χ0n) is 9.19. The summed E-state index contributed by atoms with van der Waals surface area (Å²) < 4.78 is 5.57. The smallest absolute Gasteiger partial charge is 0.254 e. The summed E-state index contributed by atoms with van der Waals surface area (Å²) in [6, 6.07) is 7.85. The van der Waals surface area contributed by atoms with E-state index in [0.29, 0.717) is 0 Å². The van der Waals surface area contributed by atoms with Crippen molar-refractivity contribution in [2.45, 2.75) is 25.5 Å². The zero-order chi connectivity index (χ0) is 11.0. The Labute approximate surface area is 95.0 Å². The molecule has 84 valence electrons. The molecule has 0 radical (unpaired) electrons. The van der Waals surface area contributed by atoms with Crippen molar-refractivity contribution in [1.82, 2.24) is 4.90 Å². The highest BCUT2D eigenvalue weighted by molar-refractivity contribution is 5.98. The average Bonchev–Trinajstić information content (AvgIpc) is 2.90. The molecule has 1 fully saturated rings. The van der Waals surface area contributed by atoms with Crippen LogP contribution in [-0.2, 0) is 11.3 Å². The number of hydrogen-bond acceptors (Lipinski definition) is 2. The van der Waals surface area contributed by atoms with Gasteiger partial charge >= 0.3 is 0 Å². The third kappa shape index (κ3) is 1.61. The summed E-state index contributed by atoms with van der Waals surface area (Å²) in [5.41, 5.74) is 2.01. The highest BCUT2D eigenvalue weighted by Crippen LogP contribution is 2.24. The molecule has 1 amide bonds. The second-order valence-electron chi connectivity index (χ2n) is 4.48. The van der Waals surface area contributed by atoms with Crippen LogP contribution in [0.1, 0.15) is 28.8 Å². The van der Waals surface area contributed by atoms with Crippen LogP contribution in [0.4, 0.5) is 0 Å². The molecule has 3 nitrogen and oxygen atoms in total. The van der Waals surface area contributed by atoms with Crippen LogP contribution in [0.2, 0.25) is 0 Å². The fraction of sp³-hybridized carbons (Fsp3) is 0.462. The number of hydrogen-bond donors (Lipinski definition) is 0. The molecule has 16 heavy (non-hydrogen) atoms. The maximum atomic E-state index is 12.1. The van der Waals surface area contributed by atoms with E-state index in [1.54, 1.807) is 0 Å². The summed E-state index contributed by atoms with van der Waals surface area (Å²) in [4.78, 5) is 14.0. The first-order valence-electron chi connectivity index (χ1n) is 5.83. The summed E-state index contributed by atoms with van der Waals surface area (Å²) in [7, 11) is 0. The van der Waals surface area contributed by atoms with Crippen LogP contribution >= 0.6 is 0 Å². The normalized spacial score (nSPS) is 23.9. The minimum Gasteiger partial charge on any atom is -0.376 e. The lowest BCUT2D eigenvalue weighted by Gasteiger charge is -2.19. The van der Waals surface area contributed by atoms with Crippen molar-refractivity contribution in [2.24, 2.45) is 0 Å². The van der Waals surface area contributed by atoms with Crippen molar-refractivity contribution in [3.05, 3.63) is 35.4 Å². The van der Waals surface area contributed by atoms with Gasteiger partial charge in [0.15, 0.2) is 0 Å². The number of carbonyl (C=O) groups excluding carboxylic acids is 1. The minimum absolute atomic E-state index is 0.158. The van der Waals surface area contributed by atoms with Crippen LogP contribution in [0.25, 0.3) is 0 Å². The number of nitrogens with zero attached hydrogens (tertiary/aromatic N) is 1. The number of carbonyl (C=O) groups is 1. The lowest BCUT2D eigenvalue weighted by atomic mass is 10.1. The third-order valence-electron chi connectivity index (χ3n) is 3.34. The Balaban J connectivity index is 1.74. The van der Waals surface area contributed by atoms with Gasteiger partial charge in [-0.2, -0.15) is 0 Å². The van der Waals surface area contributed by atoms with Crippen molar-refractivity contribution < 1.29 is 9.53 Å². The van der Waals surface area contributed by atoms with Crippen molar-refractivity contribution in [3.63, 3.8) is 0 Å². The van der Waals surface area contributed by atoms with Gasteiger partial charge in [0, 0.05) is 25.3 Å². The van der Waals surface area contributed by atoms with Crippen molar-refractivity contribution >= 4 is 5.91 Å². The Morgan fingerprint density at radius 1 is 1.38 bits per heavy atom. The molecule has 0 N–H and O–H groups in total. The van der Waals surface area contributed by atoms with Gasteiger partial charge in [-0.25, -0.2) is 0 Å². The summed E-state index contributed by atoms with van der Waals surface area (Å²) in [6.45, 7) is 2.34. The fourth-order valence-corrected chi connectivity index (χ4v) is 2.50. The molecular weight excluding hydrogens is 202 g/mol. The number of ether oxygens (including phenoxy) is 1. The first kappa shape index (κ1) is 9.85. The molecule has 1 saturated heterocycles. The van der Waals surface area contributed by atoms with E-state index in [0.717, 1.165) is 43.7 Å². The molecule has 0 saturated carbocycles. The van der Waals surface area contributed by atoms with E-state index < -0.39 is 0 Å². The molecule has 3 rings (SSSR count). The van der Waals surface area contributed by atoms with Crippen LogP contribution < -0.4 is 0 Å². The molecule has 0 bridgehead atoms. The maximum absolute atomic E-state index is 12.1. The predicted molar refractivity (Wildman–Crippen MR) is 60.2 cm³/mol. The van der Waals surface area contributed by atoms with Gasteiger partial charge in [0.25, 0.3) is 5.91 Å². The van der Waals surface area contributed by atoms with Crippen molar-refractivity contribution in [3.8, 4) is 0 Å². The van der Waals surface area contributed by atoms with Crippen LogP contribution in [-0.4, -0.2) is 30.1 Å². The Bertz CT molecular complexity index is 410. The molecular formula is C13H15NO2. The van der Waals surface area contributed by atoms with Crippen molar-refractivity contribution in [2.75, 3.05) is 13.2 Å². The van der Waals surface area contributed by atoms with E-state index in [-0.39, 0.29) is 12.0 Å². The highest BCUT2D eigenvalue weighted by Gasteiger charge is 2.29. The first-order chi connectivity index (χ1) is 7.84. The second kappa shape index (κ2) is 3.91. The van der Waals surface area contributed by atoms with Crippen molar-refractivity contribution in [1.29, 1.82) is 0 Å². The van der Waals surface area contributed by atoms with E-state index >= 15 is 0 Å². The fourth-order valence-electron chi connectivity index (χ4n) is 2.50. The topological polar surface area (TPSA) is 29.5 Å². The largest absolute Gasteiger partial charge is 0.376 e. The standard InChI is InChI=1S/C13H15NO2/c15-13-12-6-2-1-4-10(12)8-14(13)9-11-5-3-7-16-11/h1-2,4,6,11H,3,5,7-9H2. The molecule has 1 aromatic carbocycles. The lowest BCUT2D eigenvalue weighted by Crippen LogP contribution is -2.32. The summed E-state index contributed by atoms with van der Waals surface area (Å²) in [5, 5.41) is 0. The number of rotatable bonds is 2. The summed E-state index contributed by atoms with van der Waals surface area (Å²) in [5.74, 6) is 0.158. The maximum Gasteiger partial charge on any atom is 0.254 e. The van der Waals surface area contributed by atoms with Crippen LogP contribution in [0.15, 0.2) is 24.3 Å². The van der Waals surface area contributed by atoms with Gasteiger partial charge < -0.3 is 9.64 Å². The molecule has 2 heterocycles.